The molecule has 0 spiro atoms. The molecule has 1 aromatic heterocycles. The fraction of sp³-hybridized carbons (Fsp3) is 0.629. The molecule has 2 aromatic rings. The second kappa shape index (κ2) is 12.8. The third-order valence-corrected chi connectivity index (χ3v) is 20.3. The summed E-state index contributed by atoms with van der Waals surface area (Å²) in [6.07, 6.45) is 12.9. The van der Waals surface area contributed by atoms with E-state index in [2.05, 4.69) is 122 Å². The minimum atomic E-state index is -2.08. The molecule has 2 aliphatic rings. The van der Waals surface area contributed by atoms with E-state index in [9.17, 15) is 4.79 Å². The van der Waals surface area contributed by atoms with Gasteiger partial charge in [-0.2, -0.15) is 0 Å². The van der Waals surface area contributed by atoms with Gasteiger partial charge < -0.3 is 13.6 Å². The molecule has 7 heteroatoms. The van der Waals surface area contributed by atoms with Crippen molar-refractivity contribution < 1.29 is 18.4 Å². The maximum atomic E-state index is 12.8. The zero-order valence-electron chi connectivity index (χ0n) is 27.7. The topological polar surface area (TPSA) is 44.8 Å². The summed E-state index contributed by atoms with van der Waals surface area (Å²) in [4.78, 5) is 14.0. The quantitative estimate of drug-likeness (QED) is 0.174. The van der Waals surface area contributed by atoms with Crippen molar-refractivity contribution in [2.24, 2.45) is 11.8 Å². The van der Waals surface area contributed by atoms with Crippen molar-refractivity contribution in [2.75, 3.05) is 0 Å². The van der Waals surface area contributed by atoms with Crippen LogP contribution in [0.4, 0.5) is 0 Å². The second-order valence-electron chi connectivity index (χ2n) is 15.4. The van der Waals surface area contributed by atoms with Crippen LogP contribution < -0.4 is 0 Å². The molecule has 42 heavy (non-hydrogen) atoms. The monoisotopic (exact) mass is 626 g/mol. The van der Waals surface area contributed by atoms with Crippen LogP contribution in [0.15, 0.2) is 54.6 Å². The Bertz CT molecular complexity index is 1250. The van der Waals surface area contributed by atoms with E-state index in [0.29, 0.717) is 6.42 Å². The van der Waals surface area contributed by atoms with Crippen LogP contribution in [-0.4, -0.2) is 34.8 Å². The molecule has 0 radical (unpaired) electrons. The third-order valence-electron chi connectivity index (χ3n) is 10.2. The van der Waals surface area contributed by atoms with Gasteiger partial charge in [0.05, 0.1) is 12.2 Å². The van der Waals surface area contributed by atoms with Crippen LogP contribution in [0, 0.1) is 11.8 Å². The number of carbonyl (C=O) groups excluding carboxylic acids is 1. The normalized spacial score (nSPS) is 26.3. The molecule has 4 nitrogen and oxygen atoms in total. The molecule has 1 fully saturated rings. The fourth-order valence-electron chi connectivity index (χ4n) is 5.50. The molecule has 4 rings (SSSR count). The highest BCUT2D eigenvalue weighted by atomic mass is 32.1. The molecule has 0 N–H and O–H groups in total. The number of thiophene rings is 1. The van der Waals surface area contributed by atoms with Gasteiger partial charge in [0.15, 0.2) is 16.6 Å². The van der Waals surface area contributed by atoms with E-state index in [-0.39, 0.29) is 46.2 Å². The minimum absolute atomic E-state index is 0.00928. The molecule has 0 saturated heterocycles. The van der Waals surface area contributed by atoms with Gasteiger partial charge in [-0.15, -0.1) is 11.3 Å². The molecular weight excluding hydrogens is 573 g/mol. The van der Waals surface area contributed by atoms with Crippen LogP contribution in [0.5, 0.6) is 0 Å². The Labute approximate surface area is 261 Å². The lowest BCUT2D eigenvalue weighted by Crippen LogP contribution is -2.45. The Balaban J connectivity index is 1.74. The zero-order valence-corrected chi connectivity index (χ0v) is 30.5. The van der Waals surface area contributed by atoms with Crippen molar-refractivity contribution in [1.82, 2.24) is 0 Å². The van der Waals surface area contributed by atoms with Gasteiger partial charge in [0, 0.05) is 34.3 Å². The number of ether oxygens (including phenoxy) is 1. The average Bonchev–Trinajstić information content (AvgIpc) is 3.43. The summed E-state index contributed by atoms with van der Waals surface area (Å²) in [6, 6.07) is 10.9. The van der Waals surface area contributed by atoms with E-state index in [1.807, 2.05) is 11.3 Å². The Hall–Kier alpha value is -1.52. The first-order chi connectivity index (χ1) is 19.5. The Kier molecular flexibility index (Phi) is 10.2. The highest BCUT2D eigenvalue weighted by molar-refractivity contribution is 7.19. The maximum Gasteiger partial charge on any atom is 0.306 e. The minimum Gasteiger partial charge on any atom is -0.462 e. The molecule has 1 saturated carbocycles. The first-order valence-electron chi connectivity index (χ1n) is 15.9. The number of hydrogen-bond donors (Lipinski definition) is 0. The summed E-state index contributed by atoms with van der Waals surface area (Å²) in [6.45, 7) is 23.1. The number of benzene rings is 1. The summed E-state index contributed by atoms with van der Waals surface area (Å²) < 4.78 is 21.7. The van der Waals surface area contributed by atoms with Gasteiger partial charge >= 0.3 is 5.97 Å². The van der Waals surface area contributed by atoms with Crippen LogP contribution in [0.2, 0.25) is 36.3 Å². The summed E-state index contributed by atoms with van der Waals surface area (Å²) >= 11 is 1.83. The standard InChI is InChI=1S/C35H54O4SSi2/c1-34(2,3)41(7,8)38-28(32-23-25-17-15-16-19-31(25)40-32)22-21-27-26-18-13-11-12-14-20-33(36)37-29(26)24-30(27)39-42(9,10)35(4,5)6/h11,13,15-17,19,21-23,26-30H,12,14,18,20,24H2,1-10H3/b13-11-,22-21+/t26-,27-,28-,29+,30?/m1/s1. The van der Waals surface area contributed by atoms with Gasteiger partial charge in [0.2, 0.25) is 0 Å². The Morgan fingerprint density at radius 2 is 1.69 bits per heavy atom. The molecule has 1 aliphatic heterocycles. The van der Waals surface area contributed by atoms with Crippen molar-refractivity contribution in [3.05, 3.63) is 59.5 Å². The number of carbonyl (C=O) groups is 1. The Morgan fingerprint density at radius 3 is 2.36 bits per heavy atom. The van der Waals surface area contributed by atoms with E-state index in [1.165, 1.54) is 15.0 Å². The van der Waals surface area contributed by atoms with Crippen molar-refractivity contribution in [2.45, 2.75) is 128 Å². The van der Waals surface area contributed by atoms with E-state index < -0.39 is 16.6 Å². The molecular formula is C35H54O4SSi2. The predicted octanol–water partition coefficient (Wildman–Crippen LogP) is 10.6. The molecule has 5 atom stereocenters. The van der Waals surface area contributed by atoms with Gasteiger partial charge in [-0.05, 0) is 73.0 Å². The molecule has 0 amide bonds. The van der Waals surface area contributed by atoms with Crippen LogP contribution in [0.25, 0.3) is 10.1 Å². The highest BCUT2D eigenvalue weighted by Crippen LogP contribution is 2.47. The largest absolute Gasteiger partial charge is 0.462 e. The maximum absolute atomic E-state index is 12.8. The van der Waals surface area contributed by atoms with Crippen molar-refractivity contribution >= 4 is 44.0 Å². The third kappa shape index (κ3) is 7.76. The number of allylic oxidation sites excluding steroid dienone is 2. The van der Waals surface area contributed by atoms with Gasteiger partial charge in [0.25, 0.3) is 0 Å². The summed E-state index contributed by atoms with van der Waals surface area (Å²) in [7, 11) is -4.13. The molecule has 1 aromatic carbocycles. The van der Waals surface area contributed by atoms with Gasteiger partial charge in [-0.25, -0.2) is 0 Å². The summed E-state index contributed by atoms with van der Waals surface area (Å²) in [5.41, 5.74) is 0. The van der Waals surface area contributed by atoms with Gasteiger partial charge in [-0.1, -0.05) is 84.0 Å². The summed E-state index contributed by atoms with van der Waals surface area (Å²) in [5.74, 6) is 0.256. The van der Waals surface area contributed by atoms with E-state index in [4.69, 9.17) is 13.6 Å². The van der Waals surface area contributed by atoms with E-state index in [0.717, 1.165) is 25.7 Å². The van der Waals surface area contributed by atoms with Crippen molar-refractivity contribution in [3.8, 4) is 0 Å². The average molecular weight is 627 g/mol. The van der Waals surface area contributed by atoms with Crippen LogP contribution in [0.3, 0.4) is 0 Å². The predicted molar refractivity (Wildman–Crippen MR) is 183 cm³/mol. The summed E-state index contributed by atoms with van der Waals surface area (Å²) in [5, 5.41) is 1.45. The van der Waals surface area contributed by atoms with E-state index in [1.54, 1.807) is 0 Å². The van der Waals surface area contributed by atoms with Gasteiger partial charge in [-0.3, -0.25) is 4.79 Å². The number of hydrogen-bond acceptors (Lipinski definition) is 5. The Morgan fingerprint density at radius 1 is 1.00 bits per heavy atom. The first kappa shape index (κ1) is 33.4. The molecule has 2 heterocycles. The lowest BCUT2D eigenvalue weighted by molar-refractivity contribution is -0.151. The smallest absolute Gasteiger partial charge is 0.306 e. The van der Waals surface area contributed by atoms with Crippen molar-refractivity contribution in [1.29, 1.82) is 0 Å². The van der Waals surface area contributed by atoms with Crippen LogP contribution >= 0.6 is 11.3 Å². The molecule has 232 valence electrons. The molecule has 1 unspecified atom stereocenters. The van der Waals surface area contributed by atoms with Crippen LogP contribution in [0.1, 0.15) is 84.6 Å². The number of rotatable bonds is 7. The van der Waals surface area contributed by atoms with Crippen molar-refractivity contribution in [3.63, 3.8) is 0 Å². The lowest BCUT2D eigenvalue weighted by atomic mass is 9.89. The zero-order chi connectivity index (χ0) is 30.9. The highest BCUT2D eigenvalue weighted by Gasteiger charge is 2.49. The number of fused-ring (bicyclic) bond motifs is 2. The van der Waals surface area contributed by atoms with Gasteiger partial charge in [0.1, 0.15) is 6.10 Å². The first-order valence-corrected chi connectivity index (χ1v) is 22.5. The second-order valence-corrected chi connectivity index (χ2v) is 26.0. The lowest BCUT2D eigenvalue weighted by Gasteiger charge is -2.40. The van der Waals surface area contributed by atoms with E-state index >= 15 is 0 Å². The SMILES string of the molecule is CC(C)(C)[Si](C)(C)OC1C[C@@H]2OC(=O)CCC/C=C\C[C@@H]2[C@H]1/C=C/[C@@H](O[Si](C)(C)C(C)(C)C)c1cc2ccccc2s1. The number of esters is 1. The molecule has 0 bridgehead atoms. The molecule has 1 aliphatic carbocycles. The fourth-order valence-corrected chi connectivity index (χ4v) is 9.22. The van der Waals surface area contributed by atoms with Crippen LogP contribution in [-0.2, 0) is 18.4 Å².